The highest BCUT2D eigenvalue weighted by molar-refractivity contribution is 5.66. The number of hydrogen-bond donors (Lipinski definition) is 3. The molecular formula is C21H28O5. The van der Waals surface area contributed by atoms with Gasteiger partial charge in [0.15, 0.2) is 0 Å². The smallest absolute Gasteiger partial charge is 0.303 e. The van der Waals surface area contributed by atoms with E-state index in [9.17, 15) is 15.0 Å². The van der Waals surface area contributed by atoms with E-state index in [1.807, 2.05) is 19.1 Å². The van der Waals surface area contributed by atoms with Crippen molar-refractivity contribution in [1.82, 2.24) is 0 Å². The van der Waals surface area contributed by atoms with Crippen molar-refractivity contribution >= 4 is 5.97 Å². The Labute approximate surface area is 154 Å². The number of rotatable bonds is 9. The Morgan fingerprint density at radius 3 is 2.92 bits per heavy atom. The van der Waals surface area contributed by atoms with Gasteiger partial charge in [-0.3, -0.25) is 4.79 Å². The van der Waals surface area contributed by atoms with Gasteiger partial charge in [0.05, 0.1) is 12.2 Å². The maximum Gasteiger partial charge on any atom is 0.303 e. The number of carboxylic acids is 1. The van der Waals surface area contributed by atoms with Crippen LogP contribution in [0.25, 0.3) is 0 Å². The van der Waals surface area contributed by atoms with Crippen LogP contribution in [0.3, 0.4) is 0 Å². The van der Waals surface area contributed by atoms with E-state index in [4.69, 9.17) is 9.52 Å². The topological polar surface area (TPSA) is 90.9 Å². The third-order valence-corrected chi connectivity index (χ3v) is 4.82. The van der Waals surface area contributed by atoms with Gasteiger partial charge in [-0.1, -0.05) is 19.1 Å². The molecule has 0 fully saturated rings. The number of carboxylic acid groups (broad SMARTS) is 1. The number of furan rings is 1. The molecule has 2 rings (SSSR count). The van der Waals surface area contributed by atoms with E-state index < -0.39 is 18.2 Å². The maximum absolute atomic E-state index is 10.5. The zero-order valence-electron chi connectivity index (χ0n) is 15.4. The zero-order valence-corrected chi connectivity index (χ0v) is 15.4. The summed E-state index contributed by atoms with van der Waals surface area (Å²) in [4.78, 5) is 10.5. The monoisotopic (exact) mass is 360 g/mol. The van der Waals surface area contributed by atoms with Gasteiger partial charge < -0.3 is 19.7 Å². The van der Waals surface area contributed by atoms with Crippen molar-refractivity contribution in [3.05, 3.63) is 35.3 Å². The number of fused-ring (bicyclic) bond motifs is 1. The molecule has 5 heteroatoms. The van der Waals surface area contributed by atoms with Crippen molar-refractivity contribution in [2.24, 2.45) is 5.92 Å². The SMILES string of the molecule is CC#CCC(C)[C@H](O)/C=C/[C@@H]1c2cc(CCCCC(=O)O)oc2C[C@H]1O. The van der Waals surface area contributed by atoms with Crippen molar-refractivity contribution in [2.75, 3.05) is 0 Å². The summed E-state index contributed by atoms with van der Waals surface area (Å²) in [6.45, 7) is 3.73. The highest BCUT2D eigenvalue weighted by Gasteiger charge is 2.33. The van der Waals surface area contributed by atoms with Gasteiger partial charge in [-0.05, 0) is 31.7 Å². The van der Waals surface area contributed by atoms with Crippen LogP contribution < -0.4 is 0 Å². The van der Waals surface area contributed by atoms with E-state index in [0.29, 0.717) is 25.7 Å². The fourth-order valence-electron chi connectivity index (χ4n) is 3.20. The van der Waals surface area contributed by atoms with Gasteiger partial charge in [0, 0.05) is 37.2 Å². The molecule has 0 bridgehead atoms. The Morgan fingerprint density at radius 2 is 2.23 bits per heavy atom. The number of aryl methyl sites for hydroxylation is 1. The predicted octanol–water partition coefficient (Wildman–Crippen LogP) is 3.04. The lowest BCUT2D eigenvalue weighted by Gasteiger charge is -2.15. The second-order valence-electron chi connectivity index (χ2n) is 6.97. The quantitative estimate of drug-likeness (QED) is 0.358. The molecule has 26 heavy (non-hydrogen) atoms. The van der Waals surface area contributed by atoms with Crippen LogP contribution in [-0.4, -0.2) is 33.5 Å². The second-order valence-corrected chi connectivity index (χ2v) is 6.97. The Balaban J connectivity index is 1.96. The number of aliphatic hydroxyl groups is 2. The lowest BCUT2D eigenvalue weighted by atomic mass is 9.96. The van der Waals surface area contributed by atoms with Gasteiger partial charge in [0.25, 0.3) is 0 Å². The Kier molecular flexibility index (Phi) is 7.50. The minimum Gasteiger partial charge on any atom is -0.481 e. The Hall–Kier alpha value is -2.03. The molecule has 0 aromatic carbocycles. The zero-order chi connectivity index (χ0) is 19.1. The van der Waals surface area contributed by atoms with Crippen molar-refractivity contribution in [3.8, 4) is 11.8 Å². The summed E-state index contributed by atoms with van der Waals surface area (Å²) in [5.41, 5.74) is 0.968. The molecule has 0 aliphatic heterocycles. The van der Waals surface area contributed by atoms with Crippen LogP contribution in [0.4, 0.5) is 0 Å². The number of unbranched alkanes of at least 4 members (excludes halogenated alkanes) is 1. The Morgan fingerprint density at radius 1 is 1.46 bits per heavy atom. The van der Waals surface area contributed by atoms with E-state index in [0.717, 1.165) is 23.5 Å². The maximum atomic E-state index is 10.5. The molecule has 0 radical (unpaired) electrons. The average Bonchev–Trinajstić information content (AvgIpc) is 3.10. The molecule has 0 saturated carbocycles. The number of hydrogen-bond acceptors (Lipinski definition) is 4. The number of aliphatic carboxylic acids is 1. The highest BCUT2D eigenvalue weighted by Crippen LogP contribution is 2.37. The molecule has 0 spiro atoms. The van der Waals surface area contributed by atoms with Gasteiger partial charge in [-0.15, -0.1) is 11.8 Å². The van der Waals surface area contributed by atoms with Crippen LogP contribution >= 0.6 is 0 Å². The van der Waals surface area contributed by atoms with E-state index in [1.54, 1.807) is 13.0 Å². The van der Waals surface area contributed by atoms with E-state index in [-0.39, 0.29) is 18.3 Å². The molecule has 4 atom stereocenters. The summed E-state index contributed by atoms with van der Waals surface area (Å²) in [7, 11) is 0. The third-order valence-electron chi connectivity index (χ3n) is 4.82. The molecule has 1 heterocycles. The van der Waals surface area contributed by atoms with Crippen LogP contribution in [0.1, 0.15) is 62.5 Å². The summed E-state index contributed by atoms with van der Waals surface area (Å²) in [6, 6.07) is 1.96. The average molecular weight is 360 g/mol. The fourth-order valence-corrected chi connectivity index (χ4v) is 3.20. The van der Waals surface area contributed by atoms with Gasteiger partial charge >= 0.3 is 5.97 Å². The number of aliphatic hydroxyl groups excluding tert-OH is 2. The van der Waals surface area contributed by atoms with Crippen LogP contribution in [0.15, 0.2) is 22.6 Å². The lowest BCUT2D eigenvalue weighted by Crippen LogP contribution is -2.16. The molecule has 1 aromatic rings. The van der Waals surface area contributed by atoms with Gasteiger partial charge in [0.2, 0.25) is 0 Å². The van der Waals surface area contributed by atoms with E-state index >= 15 is 0 Å². The van der Waals surface area contributed by atoms with Gasteiger partial charge in [-0.2, -0.15) is 0 Å². The summed E-state index contributed by atoms with van der Waals surface area (Å²) in [5, 5.41) is 29.2. The molecule has 1 unspecified atom stereocenters. The van der Waals surface area contributed by atoms with E-state index in [2.05, 4.69) is 11.8 Å². The first-order valence-corrected chi connectivity index (χ1v) is 9.19. The largest absolute Gasteiger partial charge is 0.481 e. The van der Waals surface area contributed by atoms with Crippen molar-refractivity contribution in [3.63, 3.8) is 0 Å². The summed E-state index contributed by atoms with van der Waals surface area (Å²) >= 11 is 0. The van der Waals surface area contributed by atoms with Crippen LogP contribution in [0, 0.1) is 17.8 Å². The first-order valence-electron chi connectivity index (χ1n) is 9.19. The molecule has 0 amide bonds. The first kappa shape index (κ1) is 20.3. The van der Waals surface area contributed by atoms with Crippen molar-refractivity contribution in [1.29, 1.82) is 0 Å². The fraction of sp³-hybridized carbons (Fsp3) is 0.571. The number of carbonyl (C=O) groups is 1. The molecule has 142 valence electrons. The summed E-state index contributed by atoms with van der Waals surface area (Å²) in [5.74, 6) is 6.50. The van der Waals surface area contributed by atoms with Gasteiger partial charge in [0.1, 0.15) is 11.5 Å². The highest BCUT2D eigenvalue weighted by atomic mass is 16.4. The van der Waals surface area contributed by atoms with Gasteiger partial charge in [-0.25, -0.2) is 0 Å². The summed E-state index contributed by atoms with van der Waals surface area (Å²) < 4.78 is 5.82. The van der Waals surface area contributed by atoms with Crippen LogP contribution in [0.5, 0.6) is 0 Å². The standard InChI is InChI=1S/C21H28O5/c1-3-4-7-14(2)18(22)11-10-16-17-12-15(8-5-6-9-21(24)25)26-20(17)13-19(16)23/h10-12,14,16,18-19,22-23H,5-9,13H2,1-2H3,(H,24,25)/b11-10+/t14?,16-,18-,19-/m1/s1. The molecule has 5 nitrogen and oxygen atoms in total. The second kappa shape index (κ2) is 9.61. The first-order chi connectivity index (χ1) is 12.4. The normalized spacial score (nSPS) is 21.2. The molecular weight excluding hydrogens is 332 g/mol. The Bertz CT molecular complexity index is 691. The van der Waals surface area contributed by atoms with E-state index in [1.165, 1.54) is 0 Å². The molecule has 1 aliphatic rings. The van der Waals surface area contributed by atoms with Crippen molar-refractivity contribution < 1.29 is 24.5 Å². The molecule has 3 N–H and O–H groups in total. The summed E-state index contributed by atoms with van der Waals surface area (Å²) in [6.07, 6.45) is 5.80. The minimum atomic E-state index is -0.780. The van der Waals surface area contributed by atoms with Crippen molar-refractivity contribution in [2.45, 2.75) is 70.5 Å². The third kappa shape index (κ3) is 5.48. The molecule has 1 aromatic heterocycles. The molecule has 0 saturated heterocycles. The predicted molar refractivity (Wildman–Crippen MR) is 98.7 cm³/mol. The molecule has 1 aliphatic carbocycles. The minimum absolute atomic E-state index is 0.0332. The van der Waals surface area contributed by atoms with Crippen LogP contribution in [0.2, 0.25) is 0 Å². The van der Waals surface area contributed by atoms with Crippen LogP contribution in [-0.2, 0) is 17.6 Å². The lowest BCUT2D eigenvalue weighted by molar-refractivity contribution is -0.137.